The smallest absolute Gasteiger partial charge is 0.324 e. The summed E-state index contributed by atoms with van der Waals surface area (Å²) in [7, 11) is -3.55. The van der Waals surface area contributed by atoms with Crippen LogP contribution in [-0.2, 0) is 24.3 Å². The van der Waals surface area contributed by atoms with Crippen LogP contribution in [0.1, 0.15) is 26.7 Å². The van der Waals surface area contributed by atoms with Crippen molar-refractivity contribution in [3.8, 4) is 0 Å². The lowest BCUT2D eigenvalue weighted by atomic mass is 10.1. The molecule has 0 fully saturated rings. The molecule has 1 amide bonds. The second-order valence-electron chi connectivity index (χ2n) is 6.19. The van der Waals surface area contributed by atoms with Gasteiger partial charge in [-0.3, -0.25) is 9.59 Å². The van der Waals surface area contributed by atoms with E-state index in [0.717, 1.165) is 17.2 Å². The molecule has 2 aromatic rings. The maximum Gasteiger partial charge on any atom is 0.324 e. The highest BCUT2D eigenvalue weighted by Crippen LogP contribution is 2.22. The molecule has 0 saturated heterocycles. The molecular formula is C19H24N2O5S. The molecule has 2 aromatic carbocycles. The third kappa shape index (κ3) is 6.33. The maximum atomic E-state index is 12.1. The normalized spacial score (nSPS) is 12.5. The molecule has 0 heterocycles. The number of nitrogens with one attached hydrogen (secondary N) is 2. The number of benzene rings is 2. The Morgan fingerprint density at radius 1 is 1.11 bits per heavy atom. The number of unbranched alkanes of at least 4 members (excludes halogenated alkanes) is 1. The molecule has 0 unspecified atom stereocenters. The molecule has 7 nitrogen and oxygen atoms in total. The SMILES string of the molecule is CCCCS(=O)(=O)N[C@@H](C)C(=O)OCC(=O)Nc1cccc2ccccc12. The fourth-order valence-electron chi connectivity index (χ4n) is 2.49. The van der Waals surface area contributed by atoms with Crippen molar-refractivity contribution >= 4 is 38.4 Å². The van der Waals surface area contributed by atoms with E-state index < -0.39 is 34.5 Å². The van der Waals surface area contributed by atoms with E-state index in [2.05, 4.69) is 10.0 Å². The zero-order valence-corrected chi connectivity index (χ0v) is 16.2. The lowest BCUT2D eigenvalue weighted by Crippen LogP contribution is -2.41. The van der Waals surface area contributed by atoms with Crippen LogP contribution in [-0.4, -0.2) is 38.7 Å². The Labute approximate surface area is 159 Å². The van der Waals surface area contributed by atoms with Gasteiger partial charge in [-0.25, -0.2) is 13.1 Å². The van der Waals surface area contributed by atoms with Crippen LogP contribution in [0.3, 0.4) is 0 Å². The monoisotopic (exact) mass is 392 g/mol. The number of hydrogen-bond donors (Lipinski definition) is 2. The highest BCUT2D eigenvalue weighted by molar-refractivity contribution is 7.89. The molecule has 0 aliphatic rings. The van der Waals surface area contributed by atoms with E-state index in [1.54, 1.807) is 6.07 Å². The van der Waals surface area contributed by atoms with Crippen molar-refractivity contribution in [3.63, 3.8) is 0 Å². The Morgan fingerprint density at radius 3 is 2.56 bits per heavy atom. The van der Waals surface area contributed by atoms with Crippen molar-refractivity contribution in [2.45, 2.75) is 32.7 Å². The largest absolute Gasteiger partial charge is 0.454 e. The number of fused-ring (bicyclic) bond motifs is 1. The van der Waals surface area contributed by atoms with Gasteiger partial charge in [0.1, 0.15) is 6.04 Å². The molecule has 0 saturated carbocycles. The summed E-state index contributed by atoms with van der Waals surface area (Å²) in [6.45, 7) is 2.76. The van der Waals surface area contributed by atoms with E-state index in [9.17, 15) is 18.0 Å². The van der Waals surface area contributed by atoms with Gasteiger partial charge in [0, 0.05) is 11.1 Å². The number of sulfonamides is 1. The number of rotatable bonds is 9. The lowest BCUT2D eigenvalue weighted by molar-refractivity contribution is -0.148. The van der Waals surface area contributed by atoms with Crippen molar-refractivity contribution in [3.05, 3.63) is 42.5 Å². The average Bonchev–Trinajstić information content (AvgIpc) is 2.64. The lowest BCUT2D eigenvalue weighted by Gasteiger charge is -2.14. The van der Waals surface area contributed by atoms with Crippen molar-refractivity contribution in [1.29, 1.82) is 0 Å². The van der Waals surface area contributed by atoms with Gasteiger partial charge in [0.05, 0.1) is 5.75 Å². The van der Waals surface area contributed by atoms with Crippen LogP contribution in [0.5, 0.6) is 0 Å². The standard InChI is InChI=1S/C19H24N2O5S/c1-3-4-12-27(24,25)21-14(2)19(23)26-13-18(22)20-17-11-7-9-15-8-5-6-10-16(15)17/h5-11,14,21H,3-4,12-13H2,1-2H3,(H,20,22)/t14-/m0/s1. The molecule has 0 spiro atoms. The quantitative estimate of drug-likeness (QED) is 0.638. The Kier molecular flexibility index (Phi) is 7.32. The zero-order chi connectivity index (χ0) is 19.9. The van der Waals surface area contributed by atoms with Crippen LogP contribution >= 0.6 is 0 Å². The molecule has 2 N–H and O–H groups in total. The maximum absolute atomic E-state index is 12.1. The number of anilines is 1. The molecule has 0 aromatic heterocycles. The second kappa shape index (κ2) is 9.48. The Bertz CT molecular complexity index is 906. The molecule has 8 heteroatoms. The molecule has 0 aliphatic carbocycles. The molecule has 0 bridgehead atoms. The fraction of sp³-hybridized carbons (Fsp3) is 0.368. The van der Waals surface area contributed by atoms with E-state index in [1.165, 1.54) is 6.92 Å². The van der Waals surface area contributed by atoms with E-state index in [4.69, 9.17) is 4.74 Å². The Balaban J connectivity index is 1.88. The van der Waals surface area contributed by atoms with Crippen molar-refractivity contribution in [2.75, 3.05) is 17.7 Å². The first-order chi connectivity index (χ1) is 12.8. The van der Waals surface area contributed by atoms with Crippen LogP contribution in [0.2, 0.25) is 0 Å². The van der Waals surface area contributed by atoms with Gasteiger partial charge in [-0.2, -0.15) is 0 Å². The van der Waals surface area contributed by atoms with Crippen LogP contribution in [0.15, 0.2) is 42.5 Å². The predicted octanol–water partition coefficient (Wildman–Crippen LogP) is 2.43. The van der Waals surface area contributed by atoms with E-state index >= 15 is 0 Å². The summed E-state index contributed by atoms with van der Waals surface area (Å²) in [6, 6.07) is 12.0. The molecule has 27 heavy (non-hydrogen) atoms. The van der Waals surface area contributed by atoms with Gasteiger partial charge in [0.2, 0.25) is 10.0 Å². The summed E-state index contributed by atoms with van der Waals surface area (Å²) in [5, 5.41) is 4.55. The summed E-state index contributed by atoms with van der Waals surface area (Å²) in [5.41, 5.74) is 0.613. The topological polar surface area (TPSA) is 102 Å². The summed E-state index contributed by atoms with van der Waals surface area (Å²) in [4.78, 5) is 24.0. The van der Waals surface area contributed by atoms with Crippen molar-refractivity contribution < 1.29 is 22.7 Å². The van der Waals surface area contributed by atoms with Crippen LogP contribution < -0.4 is 10.0 Å². The third-order valence-corrected chi connectivity index (χ3v) is 5.42. The Hall–Kier alpha value is -2.45. The van der Waals surface area contributed by atoms with E-state index in [0.29, 0.717) is 12.1 Å². The van der Waals surface area contributed by atoms with Gasteiger partial charge < -0.3 is 10.1 Å². The number of ether oxygens (including phenoxy) is 1. The van der Waals surface area contributed by atoms with Crippen molar-refractivity contribution in [1.82, 2.24) is 4.72 Å². The minimum Gasteiger partial charge on any atom is -0.454 e. The molecule has 0 aliphatic heterocycles. The zero-order valence-electron chi connectivity index (χ0n) is 15.4. The van der Waals surface area contributed by atoms with Gasteiger partial charge in [0.25, 0.3) is 5.91 Å². The molecule has 0 radical (unpaired) electrons. The number of carbonyl (C=O) groups excluding carboxylic acids is 2. The van der Waals surface area contributed by atoms with Gasteiger partial charge in [0.15, 0.2) is 6.61 Å². The molecule has 146 valence electrons. The van der Waals surface area contributed by atoms with Gasteiger partial charge in [-0.05, 0) is 24.8 Å². The van der Waals surface area contributed by atoms with Crippen molar-refractivity contribution in [2.24, 2.45) is 0 Å². The fourth-order valence-corrected chi connectivity index (χ4v) is 3.91. The average molecular weight is 392 g/mol. The summed E-state index contributed by atoms with van der Waals surface area (Å²) in [6.07, 6.45) is 1.23. The minimum atomic E-state index is -3.55. The van der Waals surface area contributed by atoms with Crippen LogP contribution in [0.25, 0.3) is 10.8 Å². The van der Waals surface area contributed by atoms with Gasteiger partial charge >= 0.3 is 5.97 Å². The number of esters is 1. The van der Waals surface area contributed by atoms with E-state index in [-0.39, 0.29) is 5.75 Å². The van der Waals surface area contributed by atoms with Crippen LogP contribution in [0, 0.1) is 0 Å². The molecule has 1 atom stereocenters. The summed E-state index contributed by atoms with van der Waals surface area (Å²) < 4.78 is 30.8. The van der Waals surface area contributed by atoms with Crippen LogP contribution in [0.4, 0.5) is 5.69 Å². The molecular weight excluding hydrogens is 368 g/mol. The van der Waals surface area contributed by atoms with E-state index in [1.807, 2.05) is 43.3 Å². The minimum absolute atomic E-state index is 0.0529. The number of hydrogen-bond acceptors (Lipinski definition) is 5. The number of amides is 1. The highest BCUT2D eigenvalue weighted by atomic mass is 32.2. The van der Waals surface area contributed by atoms with Gasteiger partial charge in [-0.15, -0.1) is 0 Å². The first kappa shape index (κ1) is 20.9. The first-order valence-corrected chi connectivity index (χ1v) is 10.4. The summed E-state index contributed by atoms with van der Waals surface area (Å²) >= 11 is 0. The number of carbonyl (C=O) groups is 2. The first-order valence-electron chi connectivity index (χ1n) is 8.76. The van der Waals surface area contributed by atoms with Gasteiger partial charge in [-0.1, -0.05) is 49.7 Å². The Morgan fingerprint density at radius 2 is 1.81 bits per heavy atom. The molecule has 2 rings (SSSR count). The third-order valence-electron chi connectivity index (χ3n) is 3.89. The predicted molar refractivity (Wildman–Crippen MR) is 105 cm³/mol. The highest BCUT2D eigenvalue weighted by Gasteiger charge is 2.21. The summed E-state index contributed by atoms with van der Waals surface area (Å²) in [5.74, 6) is -1.35. The second-order valence-corrected chi connectivity index (χ2v) is 8.07.